The first kappa shape index (κ1) is 22.4. The van der Waals surface area contributed by atoms with Gasteiger partial charge in [-0.05, 0) is 42.8 Å². The fourth-order valence-electron chi connectivity index (χ4n) is 2.84. The normalized spacial score (nSPS) is 12.2. The van der Waals surface area contributed by atoms with Gasteiger partial charge in [-0.15, -0.1) is 13.2 Å². The van der Waals surface area contributed by atoms with Crippen molar-refractivity contribution in [2.75, 3.05) is 5.32 Å². The topological polar surface area (TPSA) is 55.6 Å². The van der Waals surface area contributed by atoms with E-state index in [9.17, 15) is 35.5 Å². The predicted octanol–water partition coefficient (Wildman–Crippen LogP) is 5.71. The largest absolute Gasteiger partial charge is 0.573 e. The van der Waals surface area contributed by atoms with Crippen LogP contribution in [0.15, 0.2) is 42.6 Å². The number of hydrogen-bond acceptors (Lipinski definition) is 3. The van der Waals surface area contributed by atoms with Crippen molar-refractivity contribution in [1.82, 2.24) is 9.38 Å². The van der Waals surface area contributed by atoms with Gasteiger partial charge in [0.2, 0.25) is 5.91 Å². The molecule has 1 amide bonds. The van der Waals surface area contributed by atoms with Crippen molar-refractivity contribution in [3.63, 3.8) is 0 Å². The Bertz CT molecular complexity index is 1070. The van der Waals surface area contributed by atoms with Crippen LogP contribution in [0.3, 0.4) is 0 Å². The Morgan fingerprint density at radius 3 is 2.32 bits per heavy atom. The number of fused-ring (bicyclic) bond motifs is 1. The molecule has 0 aliphatic rings. The lowest BCUT2D eigenvalue weighted by Gasteiger charge is -2.11. The highest BCUT2D eigenvalue weighted by Crippen LogP contribution is 2.32. The molecular formula is C19H14F7N3O2. The first-order valence-corrected chi connectivity index (χ1v) is 8.82. The zero-order valence-electron chi connectivity index (χ0n) is 15.5. The highest BCUT2D eigenvalue weighted by Gasteiger charge is 2.31. The number of amides is 1. The highest BCUT2D eigenvalue weighted by molar-refractivity contribution is 5.94. The number of nitrogens with one attached hydrogen (secondary N) is 1. The van der Waals surface area contributed by atoms with E-state index in [0.29, 0.717) is 0 Å². The fourth-order valence-corrected chi connectivity index (χ4v) is 2.84. The van der Waals surface area contributed by atoms with Crippen LogP contribution in [0.4, 0.5) is 36.6 Å². The van der Waals surface area contributed by atoms with Gasteiger partial charge < -0.3 is 10.1 Å². The molecule has 2 aromatic heterocycles. The van der Waals surface area contributed by atoms with Crippen LogP contribution in [0.5, 0.6) is 5.75 Å². The van der Waals surface area contributed by atoms with Gasteiger partial charge in [0.05, 0.1) is 5.69 Å². The molecular weight excluding hydrogens is 435 g/mol. The van der Waals surface area contributed by atoms with Crippen LogP contribution in [0.2, 0.25) is 0 Å². The fraction of sp³-hybridized carbons (Fsp3) is 0.263. The smallest absolute Gasteiger partial charge is 0.406 e. The van der Waals surface area contributed by atoms with Crippen molar-refractivity contribution in [1.29, 1.82) is 0 Å². The maximum Gasteiger partial charge on any atom is 0.573 e. The summed E-state index contributed by atoms with van der Waals surface area (Å²) in [5, 5.41) is 2.39. The standard InChI is InChI=1S/C19H14F7N3O2/c20-12-5-8-14-27-17(28-15(30)2-1-9-18(21,22)23)16(29(14)10-12)11-3-6-13(7-4-11)31-19(24,25)26/h3-8,10H,1-2,9H2,(H,28,30). The lowest BCUT2D eigenvalue weighted by atomic mass is 10.1. The molecule has 31 heavy (non-hydrogen) atoms. The maximum atomic E-state index is 13.7. The van der Waals surface area contributed by atoms with E-state index in [4.69, 9.17) is 0 Å². The number of pyridine rings is 1. The molecule has 1 aromatic carbocycles. The molecule has 0 aliphatic carbocycles. The summed E-state index contributed by atoms with van der Waals surface area (Å²) in [5.41, 5.74) is 0.605. The molecule has 0 bridgehead atoms. The van der Waals surface area contributed by atoms with Gasteiger partial charge in [0, 0.05) is 24.6 Å². The Balaban J connectivity index is 1.90. The summed E-state index contributed by atoms with van der Waals surface area (Å²) in [7, 11) is 0. The second-order valence-electron chi connectivity index (χ2n) is 6.47. The van der Waals surface area contributed by atoms with Gasteiger partial charge in [0.1, 0.15) is 17.2 Å². The molecule has 0 atom stereocenters. The van der Waals surface area contributed by atoms with Crippen LogP contribution in [0.1, 0.15) is 19.3 Å². The first-order valence-electron chi connectivity index (χ1n) is 8.82. The second kappa shape index (κ2) is 8.44. The lowest BCUT2D eigenvalue weighted by Crippen LogP contribution is -2.17. The zero-order valence-corrected chi connectivity index (χ0v) is 15.5. The molecule has 0 spiro atoms. The Morgan fingerprint density at radius 2 is 1.71 bits per heavy atom. The number of carbonyl (C=O) groups excluding carboxylic acids is 1. The van der Waals surface area contributed by atoms with Crippen LogP contribution in [-0.4, -0.2) is 27.8 Å². The van der Waals surface area contributed by atoms with E-state index < -0.39 is 49.3 Å². The molecule has 0 radical (unpaired) electrons. The van der Waals surface area contributed by atoms with Crippen molar-refractivity contribution in [3.05, 3.63) is 48.4 Å². The molecule has 12 heteroatoms. The molecule has 0 saturated carbocycles. The average Bonchev–Trinajstić information content (AvgIpc) is 2.97. The number of alkyl halides is 6. The van der Waals surface area contributed by atoms with E-state index >= 15 is 0 Å². The number of nitrogens with zero attached hydrogens (tertiary/aromatic N) is 2. The van der Waals surface area contributed by atoms with E-state index in [-0.39, 0.29) is 22.7 Å². The van der Waals surface area contributed by atoms with Crippen LogP contribution in [0.25, 0.3) is 16.9 Å². The number of rotatable bonds is 6. The van der Waals surface area contributed by atoms with Crippen molar-refractivity contribution in [3.8, 4) is 17.0 Å². The minimum absolute atomic E-state index is 0.0768. The van der Waals surface area contributed by atoms with Crippen molar-refractivity contribution in [2.45, 2.75) is 31.8 Å². The molecule has 3 aromatic rings. The van der Waals surface area contributed by atoms with Gasteiger partial charge in [0.15, 0.2) is 5.82 Å². The van der Waals surface area contributed by atoms with Crippen LogP contribution in [-0.2, 0) is 4.79 Å². The summed E-state index contributed by atoms with van der Waals surface area (Å²) in [6.45, 7) is 0. The SMILES string of the molecule is O=C(CCCC(F)(F)F)Nc1nc2ccc(F)cn2c1-c1ccc(OC(F)(F)F)cc1. The van der Waals surface area contributed by atoms with Crippen molar-refractivity contribution < 1.29 is 40.3 Å². The average molecular weight is 449 g/mol. The van der Waals surface area contributed by atoms with E-state index in [1.807, 2.05) is 0 Å². The van der Waals surface area contributed by atoms with Crippen molar-refractivity contribution >= 4 is 17.4 Å². The summed E-state index contributed by atoms with van der Waals surface area (Å²) in [6, 6.07) is 6.96. The second-order valence-corrected chi connectivity index (χ2v) is 6.47. The van der Waals surface area contributed by atoms with E-state index in [2.05, 4.69) is 15.0 Å². The Kier molecular flexibility index (Phi) is 6.09. The summed E-state index contributed by atoms with van der Waals surface area (Å²) in [6.07, 6.45) is -10.2. The number of hydrogen-bond donors (Lipinski definition) is 1. The predicted molar refractivity (Wildman–Crippen MR) is 95.8 cm³/mol. The van der Waals surface area contributed by atoms with Gasteiger partial charge in [-0.3, -0.25) is 9.20 Å². The van der Waals surface area contributed by atoms with Crippen molar-refractivity contribution in [2.24, 2.45) is 0 Å². The van der Waals surface area contributed by atoms with Gasteiger partial charge in [-0.2, -0.15) is 13.2 Å². The summed E-state index contributed by atoms with van der Waals surface area (Å²) in [5.74, 6) is -1.96. The van der Waals surface area contributed by atoms with Gasteiger partial charge >= 0.3 is 12.5 Å². The van der Waals surface area contributed by atoms with E-state index in [1.54, 1.807) is 0 Å². The first-order chi connectivity index (χ1) is 14.4. The Morgan fingerprint density at radius 1 is 1.03 bits per heavy atom. The molecule has 0 saturated heterocycles. The number of aromatic nitrogens is 2. The van der Waals surface area contributed by atoms with Gasteiger partial charge in [-0.1, -0.05) is 0 Å². The number of anilines is 1. The van der Waals surface area contributed by atoms with E-state index in [0.717, 1.165) is 24.4 Å². The minimum atomic E-state index is -4.89. The zero-order chi connectivity index (χ0) is 22.8. The maximum absolute atomic E-state index is 13.7. The molecule has 1 N–H and O–H groups in total. The minimum Gasteiger partial charge on any atom is -0.406 e. The molecule has 0 fully saturated rings. The third kappa shape index (κ3) is 6.09. The number of benzene rings is 1. The monoisotopic (exact) mass is 449 g/mol. The number of halogens is 7. The summed E-state index contributed by atoms with van der Waals surface area (Å²) in [4.78, 5) is 16.2. The number of imidazole rings is 1. The summed E-state index contributed by atoms with van der Waals surface area (Å²) < 4.78 is 92.7. The number of carbonyl (C=O) groups is 1. The van der Waals surface area contributed by atoms with E-state index in [1.165, 1.54) is 22.6 Å². The number of ether oxygens (including phenoxy) is 1. The van der Waals surface area contributed by atoms with Gasteiger partial charge in [-0.25, -0.2) is 9.37 Å². The summed E-state index contributed by atoms with van der Waals surface area (Å²) >= 11 is 0. The third-order valence-corrected chi connectivity index (χ3v) is 4.07. The lowest BCUT2D eigenvalue weighted by molar-refractivity contribution is -0.274. The molecule has 0 unspecified atom stereocenters. The van der Waals surface area contributed by atoms with Crippen LogP contribution < -0.4 is 10.1 Å². The third-order valence-electron chi connectivity index (χ3n) is 4.07. The Hall–Kier alpha value is -3.31. The molecule has 166 valence electrons. The quantitative estimate of drug-likeness (QED) is 0.491. The molecule has 5 nitrogen and oxygen atoms in total. The molecule has 2 heterocycles. The van der Waals surface area contributed by atoms with Crippen LogP contribution in [0, 0.1) is 5.82 Å². The molecule has 0 aliphatic heterocycles. The Labute approximate surface area is 170 Å². The highest BCUT2D eigenvalue weighted by atomic mass is 19.4. The molecule has 3 rings (SSSR count). The van der Waals surface area contributed by atoms with Gasteiger partial charge in [0.25, 0.3) is 0 Å². The van der Waals surface area contributed by atoms with Crippen LogP contribution >= 0.6 is 0 Å².